The van der Waals surface area contributed by atoms with Gasteiger partial charge in [-0.3, -0.25) is 9.59 Å². The maximum Gasteiger partial charge on any atom is 0.326 e. The number of benzene rings is 2. The van der Waals surface area contributed by atoms with Crippen molar-refractivity contribution in [2.24, 2.45) is 0 Å². The summed E-state index contributed by atoms with van der Waals surface area (Å²) >= 11 is 0. The van der Waals surface area contributed by atoms with Crippen molar-refractivity contribution in [3.8, 4) is 0 Å². The first-order valence-corrected chi connectivity index (χ1v) is 8.78. The zero-order chi connectivity index (χ0) is 20.0. The fraction of sp³-hybridized carbons (Fsp3) is 0.286. The Morgan fingerprint density at radius 1 is 0.926 bits per heavy atom. The molecule has 6 heteroatoms. The van der Waals surface area contributed by atoms with Gasteiger partial charge in [-0.25, -0.2) is 4.79 Å². The van der Waals surface area contributed by atoms with Crippen LogP contribution in [0, 0.1) is 0 Å². The van der Waals surface area contributed by atoms with Gasteiger partial charge in [-0.05, 0) is 50.6 Å². The Morgan fingerprint density at radius 3 is 2.00 bits per heavy atom. The minimum Gasteiger partial charge on any atom is -0.480 e. The molecule has 0 aliphatic rings. The lowest BCUT2D eigenvalue weighted by Crippen LogP contribution is -2.42. The minimum atomic E-state index is -1.08. The van der Waals surface area contributed by atoms with E-state index in [4.69, 9.17) is 0 Å². The standard InChI is InChI=1S/C21H24N2O4/c1-14(2)22-19(24)17-9-11-18(12-10-17)20(25)23(15(3)21(26)27)13-16-7-5-4-6-8-16/h4-12,14-15H,13H2,1-3H3,(H,22,24)(H,26,27). The Bertz CT molecular complexity index is 801. The van der Waals surface area contributed by atoms with Crippen molar-refractivity contribution in [2.75, 3.05) is 0 Å². The van der Waals surface area contributed by atoms with Gasteiger partial charge in [0, 0.05) is 23.7 Å². The fourth-order valence-corrected chi connectivity index (χ4v) is 2.57. The molecule has 0 radical (unpaired) electrons. The van der Waals surface area contributed by atoms with Crippen molar-refractivity contribution in [3.05, 3.63) is 71.3 Å². The first kappa shape index (κ1) is 20.2. The number of carboxylic acid groups (broad SMARTS) is 1. The highest BCUT2D eigenvalue weighted by Gasteiger charge is 2.26. The number of carbonyl (C=O) groups is 3. The zero-order valence-electron chi connectivity index (χ0n) is 15.7. The molecule has 2 amide bonds. The molecule has 0 heterocycles. The number of amides is 2. The summed E-state index contributed by atoms with van der Waals surface area (Å²) in [5.74, 6) is -1.69. The molecule has 142 valence electrons. The Labute approximate surface area is 158 Å². The summed E-state index contributed by atoms with van der Waals surface area (Å²) in [6.07, 6.45) is 0. The van der Waals surface area contributed by atoms with Gasteiger partial charge in [-0.2, -0.15) is 0 Å². The van der Waals surface area contributed by atoms with Gasteiger partial charge in [0.05, 0.1) is 0 Å². The third-order valence-electron chi connectivity index (χ3n) is 4.10. The van der Waals surface area contributed by atoms with Crippen molar-refractivity contribution >= 4 is 17.8 Å². The number of hydrogen-bond donors (Lipinski definition) is 2. The van der Waals surface area contributed by atoms with Gasteiger partial charge in [0.25, 0.3) is 11.8 Å². The number of nitrogens with one attached hydrogen (secondary N) is 1. The predicted molar refractivity (Wildman–Crippen MR) is 102 cm³/mol. The molecule has 2 N–H and O–H groups in total. The van der Waals surface area contributed by atoms with Gasteiger partial charge in [0.15, 0.2) is 0 Å². The number of hydrogen-bond acceptors (Lipinski definition) is 3. The Balaban J connectivity index is 2.24. The van der Waals surface area contributed by atoms with Gasteiger partial charge in [0.2, 0.25) is 0 Å². The minimum absolute atomic E-state index is 0.0107. The highest BCUT2D eigenvalue weighted by atomic mass is 16.4. The number of aliphatic carboxylic acids is 1. The van der Waals surface area contributed by atoms with Crippen LogP contribution in [-0.4, -0.2) is 39.9 Å². The fourth-order valence-electron chi connectivity index (χ4n) is 2.57. The van der Waals surface area contributed by atoms with Crippen molar-refractivity contribution in [2.45, 2.75) is 39.4 Å². The van der Waals surface area contributed by atoms with Crippen LogP contribution in [0.25, 0.3) is 0 Å². The van der Waals surface area contributed by atoms with E-state index in [2.05, 4.69) is 5.32 Å². The monoisotopic (exact) mass is 368 g/mol. The second kappa shape index (κ2) is 8.98. The normalized spacial score (nSPS) is 11.7. The molecule has 0 bridgehead atoms. The molecule has 2 aromatic carbocycles. The average Bonchev–Trinajstić information content (AvgIpc) is 2.65. The van der Waals surface area contributed by atoms with Crippen molar-refractivity contribution < 1.29 is 19.5 Å². The molecule has 0 aromatic heterocycles. The largest absolute Gasteiger partial charge is 0.480 e. The van der Waals surface area contributed by atoms with Gasteiger partial charge < -0.3 is 15.3 Å². The third-order valence-corrected chi connectivity index (χ3v) is 4.10. The average molecular weight is 368 g/mol. The van der Waals surface area contributed by atoms with E-state index in [1.54, 1.807) is 24.3 Å². The molecule has 1 unspecified atom stereocenters. The molecule has 27 heavy (non-hydrogen) atoms. The lowest BCUT2D eigenvalue weighted by molar-refractivity contribution is -0.141. The second-order valence-electron chi connectivity index (χ2n) is 6.64. The van der Waals surface area contributed by atoms with Crippen LogP contribution in [-0.2, 0) is 11.3 Å². The molecular formula is C21H24N2O4. The summed E-state index contributed by atoms with van der Waals surface area (Å²) in [4.78, 5) is 37.7. The van der Waals surface area contributed by atoms with Crippen LogP contribution in [0.15, 0.2) is 54.6 Å². The van der Waals surface area contributed by atoms with Crippen molar-refractivity contribution in [1.82, 2.24) is 10.2 Å². The molecular weight excluding hydrogens is 344 g/mol. The van der Waals surface area contributed by atoms with Gasteiger partial charge >= 0.3 is 5.97 Å². The van der Waals surface area contributed by atoms with Crippen LogP contribution in [0.2, 0.25) is 0 Å². The summed E-state index contributed by atoms with van der Waals surface area (Å²) in [6, 6.07) is 14.5. The van der Waals surface area contributed by atoms with Crippen molar-refractivity contribution in [1.29, 1.82) is 0 Å². The SMILES string of the molecule is CC(C)NC(=O)c1ccc(C(=O)N(Cc2ccccc2)C(C)C(=O)O)cc1. The summed E-state index contributed by atoms with van der Waals surface area (Å²) in [5, 5.41) is 12.2. The molecule has 2 rings (SSSR count). The second-order valence-corrected chi connectivity index (χ2v) is 6.64. The number of rotatable bonds is 7. The van der Waals surface area contributed by atoms with Crippen LogP contribution in [0.3, 0.4) is 0 Å². The van der Waals surface area contributed by atoms with Crippen LogP contribution >= 0.6 is 0 Å². The maximum atomic E-state index is 12.9. The molecule has 1 atom stereocenters. The number of carboxylic acids is 1. The quantitative estimate of drug-likeness (QED) is 0.787. The first-order chi connectivity index (χ1) is 12.8. The Morgan fingerprint density at radius 2 is 1.48 bits per heavy atom. The lowest BCUT2D eigenvalue weighted by atomic mass is 10.1. The van der Waals surface area contributed by atoms with Crippen LogP contribution in [0.5, 0.6) is 0 Å². The smallest absolute Gasteiger partial charge is 0.326 e. The topological polar surface area (TPSA) is 86.7 Å². The van der Waals surface area contributed by atoms with E-state index in [0.29, 0.717) is 11.1 Å². The Hall–Kier alpha value is -3.15. The van der Waals surface area contributed by atoms with E-state index in [9.17, 15) is 19.5 Å². The molecule has 2 aromatic rings. The summed E-state index contributed by atoms with van der Waals surface area (Å²) in [7, 11) is 0. The number of carbonyl (C=O) groups excluding carboxylic acids is 2. The highest BCUT2D eigenvalue weighted by molar-refractivity contribution is 5.99. The van der Waals surface area contributed by atoms with E-state index in [0.717, 1.165) is 5.56 Å². The summed E-state index contributed by atoms with van der Waals surface area (Å²) in [6.45, 7) is 5.39. The molecule has 0 saturated heterocycles. The maximum absolute atomic E-state index is 12.9. The zero-order valence-corrected chi connectivity index (χ0v) is 15.7. The molecule has 6 nitrogen and oxygen atoms in total. The van der Waals surface area contributed by atoms with Gasteiger partial charge in [-0.1, -0.05) is 30.3 Å². The first-order valence-electron chi connectivity index (χ1n) is 8.78. The number of nitrogens with zero attached hydrogens (tertiary/aromatic N) is 1. The van der Waals surface area contributed by atoms with Crippen LogP contribution in [0.4, 0.5) is 0 Å². The lowest BCUT2D eigenvalue weighted by Gasteiger charge is -2.27. The Kier molecular flexibility index (Phi) is 6.71. The third kappa shape index (κ3) is 5.41. The molecule has 0 saturated carbocycles. The van der Waals surface area contributed by atoms with Crippen molar-refractivity contribution in [3.63, 3.8) is 0 Å². The highest BCUT2D eigenvalue weighted by Crippen LogP contribution is 2.15. The van der Waals surface area contributed by atoms with E-state index in [1.165, 1.54) is 11.8 Å². The van der Waals surface area contributed by atoms with Gasteiger partial charge in [-0.15, -0.1) is 0 Å². The van der Waals surface area contributed by atoms with E-state index in [1.807, 2.05) is 44.2 Å². The molecule has 0 aliphatic heterocycles. The van der Waals surface area contributed by atoms with E-state index >= 15 is 0 Å². The van der Waals surface area contributed by atoms with Crippen LogP contribution < -0.4 is 5.32 Å². The predicted octanol–water partition coefficient (Wildman–Crippen LogP) is 2.94. The molecule has 0 spiro atoms. The van der Waals surface area contributed by atoms with Gasteiger partial charge in [0.1, 0.15) is 6.04 Å². The summed E-state index contributed by atoms with van der Waals surface area (Å²) in [5.41, 5.74) is 1.62. The molecule has 0 fully saturated rings. The van der Waals surface area contributed by atoms with E-state index in [-0.39, 0.29) is 18.5 Å². The van der Waals surface area contributed by atoms with E-state index < -0.39 is 17.9 Å². The van der Waals surface area contributed by atoms with Crippen LogP contribution in [0.1, 0.15) is 47.1 Å². The molecule has 0 aliphatic carbocycles. The summed E-state index contributed by atoms with van der Waals surface area (Å²) < 4.78 is 0.